The Morgan fingerprint density at radius 2 is 2.28 bits per heavy atom. The summed E-state index contributed by atoms with van der Waals surface area (Å²) in [6.45, 7) is 2.10. The lowest BCUT2D eigenvalue weighted by Gasteiger charge is -2.24. The standard InChI is InChI=1S/C12H20F3NO2/c1-2-6-16-10(8-17-9-12(13,14)15)11-5-3-4-7-18-11/h5,10,16H,2-4,6-9H2,1H3. The summed E-state index contributed by atoms with van der Waals surface area (Å²) in [5, 5.41) is 3.14. The van der Waals surface area contributed by atoms with E-state index in [1.165, 1.54) is 0 Å². The molecular weight excluding hydrogens is 247 g/mol. The molecule has 0 aromatic carbocycles. The van der Waals surface area contributed by atoms with Gasteiger partial charge in [-0.05, 0) is 31.9 Å². The Hall–Kier alpha value is -0.750. The molecule has 1 aliphatic heterocycles. The minimum Gasteiger partial charge on any atom is -0.497 e. The van der Waals surface area contributed by atoms with E-state index in [1.54, 1.807) is 0 Å². The molecule has 0 aromatic rings. The molecule has 1 N–H and O–H groups in total. The van der Waals surface area contributed by atoms with Gasteiger partial charge < -0.3 is 14.8 Å². The number of alkyl halides is 3. The third-order valence-electron chi connectivity index (χ3n) is 2.50. The second kappa shape index (κ2) is 7.63. The molecule has 0 fully saturated rings. The maximum atomic E-state index is 12.0. The van der Waals surface area contributed by atoms with Crippen molar-refractivity contribution in [2.45, 2.75) is 38.4 Å². The van der Waals surface area contributed by atoms with Gasteiger partial charge in [0, 0.05) is 0 Å². The molecule has 0 saturated heterocycles. The third-order valence-corrected chi connectivity index (χ3v) is 2.50. The summed E-state index contributed by atoms with van der Waals surface area (Å²) in [6.07, 6.45) is 0.403. The van der Waals surface area contributed by atoms with E-state index in [-0.39, 0.29) is 12.6 Å². The number of hydrogen-bond acceptors (Lipinski definition) is 3. The minimum absolute atomic E-state index is 0.0225. The van der Waals surface area contributed by atoms with Gasteiger partial charge in [0.15, 0.2) is 0 Å². The van der Waals surface area contributed by atoms with Crippen LogP contribution in [-0.2, 0) is 9.47 Å². The molecule has 1 aliphatic rings. The van der Waals surface area contributed by atoms with Gasteiger partial charge in [-0.2, -0.15) is 13.2 Å². The predicted octanol–water partition coefficient (Wildman–Crippen LogP) is 2.63. The van der Waals surface area contributed by atoms with Crippen LogP contribution in [0.5, 0.6) is 0 Å². The largest absolute Gasteiger partial charge is 0.497 e. The van der Waals surface area contributed by atoms with Crippen LogP contribution >= 0.6 is 0 Å². The highest BCUT2D eigenvalue weighted by atomic mass is 19.4. The zero-order valence-corrected chi connectivity index (χ0v) is 10.6. The van der Waals surface area contributed by atoms with Crippen molar-refractivity contribution >= 4 is 0 Å². The van der Waals surface area contributed by atoms with Crippen molar-refractivity contribution in [2.75, 3.05) is 26.4 Å². The Morgan fingerprint density at radius 1 is 1.50 bits per heavy atom. The lowest BCUT2D eigenvalue weighted by molar-refractivity contribution is -0.175. The van der Waals surface area contributed by atoms with Gasteiger partial charge in [0.25, 0.3) is 0 Å². The highest BCUT2D eigenvalue weighted by Crippen LogP contribution is 2.17. The summed E-state index contributed by atoms with van der Waals surface area (Å²) in [6, 6.07) is -0.285. The van der Waals surface area contributed by atoms with Crippen LogP contribution in [0, 0.1) is 0 Å². The van der Waals surface area contributed by atoms with E-state index < -0.39 is 12.8 Å². The van der Waals surface area contributed by atoms with Gasteiger partial charge in [-0.3, -0.25) is 0 Å². The van der Waals surface area contributed by atoms with Gasteiger partial charge in [-0.25, -0.2) is 0 Å². The van der Waals surface area contributed by atoms with Gasteiger partial charge in [-0.1, -0.05) is 6.92 Å². The molecule has 3 nitrogen and oxygen atoms in total. The Bertz CT molecular complexity index is 267. The fraction of sp³-hybridized carbons (Fsp3) is 0.833. The van der Waals surface area contributed by atoms with Crippen molar-refractivity contribution in [1.82, 2.24) is 5.32 Å². The van der Waals surface area contributed by atoms with Crippen LogP contribution in [0.2, 0.25) is 0 Å². The summed E-state index contributed by atoms with van der Waals surface area (Å²) in [7, 11) is 0. The van der Waals surface area contributed by atoms with Crippen molar-refractivity contribution in [2.24, 2.45) is 0 Å². The summed E-state index contributed by atoms with van der Waals surface area (Å²) >= 11 is 0. The molecule has 0 amide bonds. The average Bonchev–Trinajstić information content (AvgIpc) is 2.33. The van der Waals surface area contributed by atoms with Crippen molar-refractivity contribution < 1.29 is 22.6 Å². The van der Waals surface area contributed by atoms with E-state index in [2.05, 4.69) is 5.32 Å². The number of rotatable bonds is 7. The molecule has 0 aliphatic carbocycles. The molecule has 106 valence electrons. The van der Waals surface area contributed by atoms with E-state index in [0.29, 0.717) is 12.4 Å². The molecule has 1 rings (SSSR count). The molecular formula is C12H20F3NO2. The monoisotopic (exact) mass is 267 g/mol. The second-order valence-electron chi connectivity index (χ2n) is 4.23. The molecule has 1 heterocycles. The zero-order valence-electron chi connectivity index (χ0n) is 10.6. The molecule has 6 heteroatoms. The SMILES string of the molecule is CCCNC(COCC(F)(F)F)C1=CCCCO1. The first kappa shape index (κ1) is 15.3. The summed E-state index contributed by atoms with van der Waals surface area (Å²) in [4.78, 5) is 0. The lowest BCUT2D eigenvalue weighted by atomic mass is 10.1. The van der Waals surface area contributed by atoms with Crippen LogP contribution in [0.3, 0.4) is 0 Å². The highest BCUT2D eigenvalue weighted by molar-refractivity contribution is 5.05. The van der Waals surface area contributed by atoms with E-state index >= 15 is 0 Å². The van der Waals surface area contributed by atoms with Gasteiger partial charge in [0.2, 0.25) is 0 Å². The quantitative estimate of drug-likeness (QED) is 0.769. The fourth-order valence-electron chi connectivity index (χ4n) is 1.67. The molecule has 0 radical (unpaired) electrons. The first-order chi connectivity index (χ1) is 8.53. The molecule has 18 heavy (non-hydrogen) atoms. The van der Waals surface area contributed by atoms with Crippen LogP contribution < -0.4 is 5.32 Å². The van der Waals surface area contributed by atoms with Crippen molar-refractivity contribution in [3.05, 3.63) is 11.8 Å². The average molecular weight is 267 g/mol. The predicted molar refractivity (Wildman–Crippen MR) is 62.2 cm³/mol. The highest BCUT2D eigenvalue weighted by Gasteiger charge is 2.28. The van der Waals surface area contributed by atoms with Crippen molar-refractivity contribution in [3.63, 3.8) is 0 Å². The van der Waals surface area contributed by atoms with E-state index in [9.17, 15) is 13.2 Å². The lowest BCUT2D eigenvalue weighted by Crippen LogP contribution is -2.38. The van der Waals surface area contributed by atoms with Crippen LogP contribution in [0.1, 0.15) is 26.2 Å². The molecule has 1 unspecified atom stereocenters. The summed E-state index contributed by atoms with van der Waals surface area (Å²) in [5.41, 5.74) is 0. The topological polar surface area (TPSA) is 30.5 Å². The van der Waals surface area contributed by atoms with Crippen molar-refractivity contribution in [1.29, 1.82) is 0 Å². The Balaban J connectivity index is 2.42. The number of nitrogens with one attached hydrogen (secondary N) is 1. The van der Waals surface area contributed by atoms with Gasteiger partial charge in [-0.15, -0.1) is 0 Å². The number of ether oxygens (including phenoxy) is 2. The normalized spacial score (nSPS) is 18.1. The van der Waals surface area contributed by atoms with E-state index in [0.717, 1.165) is 25.8 Å². The Morgan fingerprint density at radius 3 is 2.83 bits per heavy atom. The first-order valence-electron chi connectivity index (χ1n) is 6.23. The van der Waals surface area contributed by atoms with Crippen LogP contribution in [0.15, 0.2) is 11.8 Å². The fourth-order valence-corrected chi connectivity index (χ4v) is 1.67. The van der Waals surface area contributed by atoms with Gasteiger partial charge >= 0.3 is 6.18 Å². The van der Waals surface area contributed by atoms with E-state index in [1.807, 2.05) is 13.0 Å². The zero-order chi connectivity index (χ0) is 13.4. The number of hydrogen-bond donors (Lipinski definition) is 1. The van der Waals surface area contributed by atoms with Crippen LogP contribution in [0.25, 0.3) is 0 Å². The Labute approximate surface area is 105 Å². The maximum absolute atomic E-state index is 12.0. The first-order valence-corrected chi connectivity index (χ1v) is 6.23. The van der Waals surface area contributed by atoms with Crippen LogP contribution in [-0.4, -0.2) is 38.6 Å². The Kier molecular flexibility index (Phi) is 6.49. The van der Waals surface area contributed by atoms with Gasteiger partial charge in [0.05, 0.1) is 19.3 Å². The number of allylic oxidation sites excluding steroid dienone is 1. The molecule has 1 atom stereocenters. The molecule has 0 aromatic heterocycles. The number of halogens is 3. The molecule has 0 spiro atoms. The summed E-state index contributed by atoms with van der Waals surface area (Å²) < 4.78 is 46.2. The van der Waals surface area contributed by atoms with Gasteiger partial charge in [0.1, 0.15) is 12.4 Å². The van der Waals surface area contributed by atoms with Crippen molar-refractivity contribution in [3.8, 4) is 0 Å². The third kappa shape index (κ3) is 6.26. The maximum Gasteiger partial charge on any atom is 0.411 e. The van der Waals surface area contributed by atoms with E-state index in [4.69, 9.17) is 9.47 Å². The van der Waals surface area contributed by atoms with Crippen LogP contribution in [0.4, 0.5) is 13.2 Å². The smallest absolute Gasteiger partial charge is 0.411 e. The second-order valence-corrected chi connectivity index (χ2v) is 4.23. The summed E-state index contributed by atoms with van der Waals surface area (Å²) in [5.74, 6) is 0.705. The minimum atomic E-state index is -4.28. The molecule has 0 bridgehead atoms. The molecule has 0 saturated carbocycles.